The molecule has 0 amide bonds. The van der Waals surface area contributed by atoms with Gasteiger partial charge < -0.3 is 0 Å². The highest BCUT2D eigenvalue weighted by molar-refractivity contribution is 7.80. The molecule has 1 atom stereocenters. The number of hydrogen-bond donors (Lipinski definition) is 1. The summed E-state index contributed by atoms with van der Waals surface area (Å²) in [5.74, 6) is 0. The Bertz CT molecular complexity index is 171. The van der Waals surface area contributed by atoms with Gasteiger partial charge in [-0.3, -0.25) is 0 Å². The van der Waals surface area contributed by atoms with Gasteiger partial charge in [-0.2, -0.15) is 25.8 Å². The van der Waals surface area contributed by atoms with Crippen molar-refractivity contribution in [3.63, 3.8) is 0 Å². The third-order valence-electron chi connectivity index (χ3n) is 1.75. The third kappa shape index (κ3) is 2.43. The summed E-state index contributed by atoms with van der Waals surface area (Å²) in [5.41, 5.74) is -0.386. The van der Waals surface area contributed by atoms with Crippen LogP contribution in [0.5, 0.6) is 0 Å². The molecule has 0 bridgehead atoms. The molecular formula is C7H9F3S. The Morgan fingerprint density at radius 2 is 2.09 bits per heavy atom. The highest BCUT2D eigenvalue weighted by atomic mass is 32.1. The fourth-order valence-corrected chi connectivity index (χ4v) is 1.31. The Hall–Kier alpha value is -0.120. The van der Waals surface area contributed by atoms with Gasteiger partial charge in [-0.1, -0.05) is 6.08 Å². The average molecular weight is 182 g/mol. The Morgan fingerprint density at radius 3 is 2.45 bits per heavy atom. The zero-order chi connectivity index (χ0) is 8.48. The van der Waals surface area contributed by atoms with E-state index in [1.165, 1.54) is 6.08 Å². The predicted octanol–water partition coefficient (Wildman–Crippen LogP) is 2.96. The highest BCUT2D eigenvalue weighted by Gasteiger charge is 2.34. The van der Waals surface area contributed by atoms with Gasteiger partial charge in [0.25, 0.3) is 0 Å². The number of thiol groups is 1. The minimum atomic E-state index is -4.12. The van der Waals surface area contributed by atoms with E-state index in [1.807, 2.05) is 0 Å². The summed E-state index contributed by atoms with van der Waals surface area (Å²) in [6.07, 6.45) is -1.76. The Kier molecular flexibility index (Phi) is 2.52. The normalized spacial score (nSPS) is 26.5. The van der Waals surface area contributed by atoms with Gasteiger partial charge in [0.1, 0.15) is 0 Å². The molecule has 0 aliphatic heterocycles. The molecule has 64 valence electrons. The van der Waals surface area contributed by atoms with Crippen LogP contribution in [0.1, 0.15) is 19.3 Å². The Morgan fingerprint density at radius 1 is 1.45 bits per heavy atom. The van der Waals surface area contributed by atoms with Crippen LogP contribution in [0.3, 0.4) is 0 Å². The molecule has 0 nitrogen and oxygen atoms in total. The fraction of sp³-hybridized carbons (Fsp3) is 0.714. The zero-order valence-corrected chi connectivity index (χ0v) is 6.75. The highest BCUT2D eigenvalue weighted by Crippen LogP contribution is 2.34. The molecule has 0 spiro atoms. The van der Waals surface area contributed by atoms with Crippen LogP contribution in [0.25, 0.3) is 0 Å². The van der Waals surface area contributed by atoms with Gasteiger partial charge in [0.2, 0.25) is 0 Å². The van der Waals surface area contributed by atoms with Crippen LogP contribution in [0, 0.1) is 0 Å². The molecule has 1 unspecified atom stereocenters. The van der Waals surface area contributed by atoms with Gasteiger partial charge in [-0.15, -0.1) is 0 Å². The summed E-state index contributed by atoms with van der Waals surface area (Å²) < 4.78 is 35.9. The van der Waals surface area contributed by atoms with E-state index in [9.17, 15) is 13.2 Å². The molecule has 0 saturated heterocycles. The first kappa shape index (κ1) is 8.97. The summed E-state index contributed by atoms with van der Waals surface area (Å²) >= 11 is 4.09. The molecule has 1 aliphatic carbocycles. The van der Waals surface area contributed by atoms with Crippen LogP contribution < -0.4 is 0 Å². The van der Waals surface area contributed by atoms with Crippen molar-refractivity contribution in [2.24, 2.45) is 0 Å². The first-order valence-corrected chi connectivity index (χ1v) is 3.96. The Labute approximate surface area is 68.9 Å². The van der Waals surface area contributed by atoms with Crippen molar-refractivity contribution >= 4 is 12.6 Å². The molecule has 0 fully saturated rings. The smallest absolute Gasteiger partial charge is 0.176 e. The number of allylic oxidation sites excluding steroid dienone is 2. The second kappa shape index (κ2) is 3.09. The van der Waals surface area contributed by atoms with Crippen molar-refractivity contribution in [3.8, 4) is 0 Å². The average Bonchev–Trinajstić information content (AvgIpc) is 1.86. The summed E-state index contributed by atoms with van der Waals surface area (Å²) in [4.78, 5) is 0. The second-order valence-corrected chi connectivity index (χ2v) is 3.39. The maximum absolute atomic E-state index is 12.0. The molecule has 0 aromatic carbocycles. The van der Waals surface area contributed by atoms with Crippen molar-refractivity contribution in [1.82, 2.24) is 0 Å². The van der Waals surface area contributed by atoms with E-state index < -0.39 is 6.18 Å². The van der Waals surface area contributed by atoms with Gasteiger partial charge in [0.15, 0.2) is 0 Å². The maximum Gasteiger partial charge on any atom is 0.412 e. The van der Waals surface area contributed by atoms with Crippen molar-refractivity contribution in [2.75, 3.05) is 0 Å². The lowest BCUT2D eigenvalue weighted by Gasteiger charge is -2.19. The van der Waals surface area contributed by atoms with E-state index in [4.69, 9.17) is 0 Å². The molecule has 4 heteroatoms. The molecule has 0 saturated carbocycles. The van der Waals surface area contributed by atoms with Crippen molar-refractivity contribution < 1.29 is 13.2 Å². The van der Waals surface area contributed by atoms with E-state index >= 15 is 0 Å². The number of rotatable bonds is 0. The maximum atomic E-state index is 12.0. The zero-order valence-electron chi connectivity index (χ0n) is 5.86. The Balaban J connectivity index is 2.62. The quantitative estimate of drug-likeness (QED) is 0.432. The molecule has 0 aromatic rings. The van der Waals surface area contributed by atoms with Gasteiger partial charge in [0, 0.05) is 10.8 Å². The number of halogens is 3. The van der Waals surface area contributed by atoms with Crippen LogP contribution >= 0.6 is 12.6 Å². The van der Waals surface area contributed by atoms with E-state index in [2.05, 4.69) is 12.6 Å². The van der Waals surface area contributed by atoms with Gasteiger partial charge >= 0.3 is 6.18 Å². The summed E-state index contributed by atoms with van der Waals surface area (Å²) in [6, 6.07) is 0. The van der Waals surface area contributed by atoms with Crippen LogP contribution in [0.4, 0.5) is 13.2 Å². The molecule has 0 radical (unpaired) electrons. The monoisotopic (exact) mass is 182 g/mol. The van der Waals surface area contributed by atoms with Gasteiger partial charge in [-0.05, 0) is 19.3 Å². The van der Waals surface area contributed by atoms with Gasteiger partial charge in [-0.25, -0.2) is 0 Å². The fourth-order valence-electron chi connectivity index (χ4n) is 1.08. The van der Waals surface area contributed by atoms with Crippen molar-refractivity contribution in [3.05, 3.63) is 11.6 Å². The van der Waals surface area contributed by atoms with Crippen LogP contribution in [-0.2, 0) is 0 Å². The molecule has 0 heterocycles. The second-order valence-electron chi connectivity index (χ2n) is 2.66. The van der Waals surface area contributed by atoms with Crippen LogP contribution in [-0.4, -0.2) is 11.4 Å². The number of hydrogen-bond acceptors (Lipinski definition) is 1. The lowest BCUT2D eigenvalue weighted by molar-refractivity contribution is -0.0949. The third-order valence-corrected chi connectivity index (χ3v) is 2.22. The van der Waals surface area contributed by atoms with Crippen molar-refractivity contribution in [1.29, 1.82) is 0 Å². The largest absolute Gasteiger partial charge is 0.412 e. The van der Waals surface area contributed by atoms with E-state index in [-0.39, 0.29) is 17.2 Å². The molecule has 0 N–H and O–H groups in total. The lowest BCUT2D eigenvalue weighted by atomic mass is 9.99. The van der Waals surface area contributed by atoms with Gasteiger partial charge in [0.05, 0.1) is 0 Å². The van der Waals surface area contributed by atoms with Crippen LogP contribution in [0.15, 0.2) is 11.6 Å². The SMILES string of the molecule is FC(F)(F)C1=CCC(S)CC1. The lowest BCUT2D eigenvalue weighted by Crippen LogP contribution is -2.17. The predicted molar refractivity (Wildman–Crippen MR) is 40.8 cm³/mol. The molecule has 1 rings (SSSR count). The molecule has 1 aliphatic rings. The van der Waals surface area contributed by atoms with E-state index in [0.29, 0.717) is 12.8 Å². The van der Waals surface area contributed by atoms with Crippen LogP contribution in [0.2, 0.25) is 0 Å². The molecule has 11 heavy (non-hydrogen) atoms. The molecule has 0 aromatic heterocycles. The first-order chi connectivity index (χ1) is 5.00. The topological polar surface area (TPSA) is 0 Å². The van der Waals surface area contributed by atoms with Crippen molar-refractivity contribution in [2.45, 2.75) is 30.7 Å². The first-order valence-electron chi connectivity index (χ1n) is 3.44. The summed E-state index contributed by atoms with van der Waals surface area (Å²) in [7, 11) is 0. The molecular weight excluding hydrogens is 173 g/mol. The van der Waals surface area contributed by atoms with E-state index in [1.54, 1.807) is 0 Å². The minimum Gasteiger partial charge on any atom is -0.176 e. The van der Waals surface area contributed by atoms with E-state index in [0.717, 1.165) is 0 Å². The summed E-state index contributed by atoms with van der Waals surface area (Å²) in [6.45, 7) is 0. The summed E-state index contributed by atoms with van der Waals surface area (Å²) in [5, 5.41) is 0.112. The standard InChI is InChI=1S/C7H9F3S/c8-7(9,10)5-1-3-6(11)4-2-5/h1,6,11H,2-4H2. The minimum absolute atomic E-state index is 0.112. The number of alkyl halides is 3.